The van der Waals surface area contributed by atoms with Gasteiger partial charge in [0.15, 0.2) is 5.76 Å². The molecule has 0 unspecified atom stereocenters. The summed E-state index contributed by atoms with van der Waals surface area (Å²) in [6.45, 7) is 7.03. The minimum atomic E-state index is -5.08. The summed E-state index contributed by atoms with van der Waals surface area (Å²) >= 11 is 1.71. The van der Waals surface area contributed by atoms with Crippen LogP contribution in [0.2, 0.25) is 0 Å². The zero-order chi connectivity index (χ0) is 22.6. The van der Waals surface area contributed by atoms with Crippen molar-refractivity contribution in [1.29, 1.82) is 0 Å². The summed E-state index contributed by atoms with van der Waals surface area (Å²) in [6, 6.07) is 3.41. The zero-order valence-corrected chi connectivity index (χ0v) is 17.5. The van der Waals surface area contributed by atoms with E-state index in [1.165, 1.54) is 11.1 Å². The highest BCUT2D eigenvalue weighted by Crippen LogP contribution is 2.41. The third-order valence-corrected chi connectivity index (χ3v) is 6.31. The molecule has 4 rings (SSSR count). The highest BCUT2D eigenvalue weighted by atomic mass is 32.1. The Labute approximate surface area is 180 Å². The van der Waals surface area contributed by atoms with Crippen LogP contribution < -0.4 is 5.32 Å². The topological polar surface area (TPSA) is 105 Å². The lowest BCUT2D eigenvalue weighted by molar-refractivity contribution is -0.192. The number of ether oxygens (including phenoxy) is 1. The lowest BCUT2D eigenvalue weighted by Crippen LogP contribution is -2.43. The number of rotatable bonds is 5. The maximum Gasteiger partial charge on any atom is 0.490 e. The monoisotopic (exact) mass is 461 g/mol. The Morgan fingerprint density at radius 2 is 2.19 bits per heavy atom. The molecule has 0 saturated carbocycles. The van der Waals surface area contributed by atoms with E-state index in [1.54, 1.807) is 23.5 Å². The van der Waals surface area contributed by atoms with Gasteiger partial charge in [0.05, 0.1) is 30.7 Å². The number of carboxylic acid groups (broad SMARTS) is 1. The number of hydrogen-bond donors (Lipinski definition) is 2. The molecule has 31 heavy (non-hydrogen) atoms. The van der Waals surface area contributed by atoms with Crippen LogP contribution >= 0.6 is 11.3 Å². The summed E-state index contributed by atoms with van der Waals surface area (Å²) in [7, 11) is 0. The van der Waals surface area contributed by atoms with Gasteiger partial charge in [-0.15, -0.1) is 11.3 Å². The fourth-order valence-corrected chi connectivity index (χ4v) is 4.56. The van der Waals surface area contributed by atoms with Crippen LogP contribution in [0, 0.1) is 18.3 Å². The number of aliphatic carboxylic acids is 1. The third-order valence-electron chi connectivity index (χ3n) is 5.39. The predicted molar refractivity (Wildman–Crippen MR) is 104 cm³/mol. The molecule has 0 spiro atoms. The molecule has 2 aliphatic heterocycles. The molecule has 2 N–H and O–H groups in total. The number of hydrogen-bond acceptors (Lipinski definition) is 7. The molecule has 170 valence electrons. The van der Waals surface area contributed by atoms with Crippen molar-refractivity contribution in [1.82, 2.24) is 15.2 Å². The minimum Gasteiger partial charge on any atom is -0.475 e. The van der Waals surface area contributed by atoms with E-state index >= 15 is 0 Å². The first-order valence-electron chi connectivity index (χ1n) is 9.41. The number of carboxylic acids is 1. The molecule has 2 atom stereocenters. The van der Waals surface area contributed by atoms with E-state index in [2.05, 4.69) is 22.1 Å². The largest absolute Gasteiger partial charge is 0.490 e. The van der Waals surface area contributed by atoms with Crippen LogP contribution in [0.3, 0.4) is 0 Å². The van der Waals surface area contributed by atoms with Crippen LogP contribution in [0.25, 0.3) is 0 Å². The summed E-state index contributed by atoms with van der Waals surface area (Å²) in [5, 5.41) is 10.2. The van der Waals surface area contributed by atoms with E-state index in [9.17, 15) is 18.0 Å². The number of thiazole rings is 1. The number of alkyl halides is 3. The molecule has 1 amide bonds. The second-order valence-corrected chi connectivity index (χ2v) is 8.51. The number of aryl methyl sites for hydroxylation is 1. The zero-order valence-electron chi connectivity index (χ0n) is 16.6. The molecule has 0 radical (unpaired) electrons. The summed E-state index contributed by atoms with van der Waals surface area (Å²) in [5.74, 6) is -2.09. The van der Waals surface area contributed by atoms with Crippen molar-refractivity contribution < 1.29 is 37.0 Å². The Bertz CT molecular complexity index is 902. The first kappa shape index (κ1) is 23.2. The first-order valence-corrected chi connectivity index (χ1v) is 10.3. The summed E-state index contributed by atoms with van der Waals surface area (Å²) in [4.78, 5) is 29.2. The lowest BCUT2D eigenvalue weighted by Gasteiger charge is -2.27. The number of likely N-dealkylation sites (tertiary alicyclic amines) is 1. The van der Waals surface area contributed by atoms with Crippen LogP contribution in [0.1, 0.15) is 21.1 Å². The van der Waals surface area contributed by atoms with Gasteiger partial charge in [0.1, 0.15) is 0 Å². The number of aromatic nitrogens is 1. The average molecular weight is 461 g/mol. The van der Waals surface area contributed by atoms with Crippen LogP contribution in [-0.2, 0) is 16.1 Å². The second-order valence-electron chi connectivity index (χ2n) is 7.57. The maximum absolute atomic E-state index is 12.2. The predicted octanol–water partition coefficient (Wildman–Crippen LogP) is 2.56. The van der Waals surface area contributed by atoms with Gasteiger partial charge in [0, 0.05) is 42.4 Å². The van der Waals surface area contributed by atoms with Crippen LogP contribution in [0.4, 0.5) is 13.2 Å². The number of carbonyl (C=O) groups excluding carboxylic acids is 1. The van der Waals surface area contributed by atoms with Crippen LogP contribution in [0.15, 0.2) is 28.3 Å². The quantitative estimate of drug-likeness (QED) is 0.705. The molecule has 0 bridgehead atoms. The Morgan fingerprint density at radius 3 is 2.77 bits per heavy atom. The second kappa shape index (κ2) is 9.37. The summed E-state index contributed by atoms with van der Waals surface area (Å²) in [5.41, 5.74) is 3.03. The molecule has 4 heterocycles. The Kier molecular flexibility index (Phi) is 7.02. The van der Waals surface area contributed by atoms with E-state index in [0.717, 1.165) is 31.9 Å². The van der Waals surface area contributed by atoms with Gasteiger partial charge in [0.2, 0.25) is 0 Å². The van der Waals surface area contributed by atoms with Crippen LogP contribution in [-0.4, -0.2) is 65.9 Å². The summed E-state index contributed by atoms with van der Waals surface area (Å²) in [6.07, 6.45) is -3.57. The Hall–Kier alpha value is -2.44. The van der Waals surface area contributed by atoms with Gasteiger partial charge < -0.3 is 19.6 Å². The fourth-order valence-electron chi connectivity index (χ4n) is 3.75. The van der Waals surface area contributed by atoms with E-state index in [1.807, 2.05) is 5.51 Å². The number of carbonyl (C=O) groups is 2. The normalized spacial score (nSPS) is 23.2. The molecule has 8 nitrogen and oxygen atoms in total. The van der Waals surface area contributed by atoms with E-state index in [0.29, 0.717) is 24.8 Å². The number of halogens is 3. The minimum absolute atomic E-state index is 0.000839. The van der Waals surface area contributed by atoms with E-state index < -0.39 is 12.1 Å². The molecule has 2 aromatic rings. The van der Waals surface area contributed by atoms with E-state index in [4.69, 9.17) is 19.1 Å². The Morgan fingerprint density at radius 1 is 1.45 bits per heavy atom. The fraction of sp³-hybridized carbons (Fsp3) is 0.526. The van der Waals surface area contributed by atoms with Gasteiger partial charge in [-0.1, -0.05) is 0 Å². The first-order chi connectivity index (χ1) is 14.6. The van der Waals surface area contributed by atoms with Crippen molar-refractivity contribution in [3.8, 4) is 0 Å². The number of furan rings is 1. The molecular weight excluding hydrogens is 439 g/mol. The standard InChI is InChI=1S/C17H21N3O3S.C2HF3O2/c1-12-15(24-11-19-12)6-20-5-13-7-22-10-17(13,9-20)8-18-16(21)14-3-2-4-23-14;3-2(4,5)1(6)7/h2-4,11,13H,5-10H2,1H3,(H,18,21);(H,6,7)/t13-,17+;/m1./s1. The van der Waals surface area contributed by atoms with Crippen molar-refractivity contribution >= 4 is 23.2 Å². The van der Waals surface area contributed by atoms with Crippen molar-refractivity contribution in [2.75, 3.05) is 32.8 Å². The molecular formula is C19H22F3N3O5S. The van der Waals surface area contributed by atoms with Gasteiger partial charge in [-0.3, -0.25) is 9.69 Å². The lowest BCUT2D eigenvalue weighted by atomic mass is 9.81. The molecule has 2 fully saturated rings. The van der Waals surface area contributed by atoms with E-state index in [-0.39, 0.29) is 11.3 Å². The van der Waals surface area contributed by atoms with Gasteiger partial charge in [-0.05, 0) is 19.1 Å². The van der Waals surface area contributed by atoms with Crippen molar-refractivity contribution in [3.05, 3.63) is 40.2 Å². The number of amides is 1. The molecule has 0 aliphatic carbocycles. The smallest absolute Gasteiger partial charge is 0.475 e. The summed E-state index contributed by atoms with van der Waals surface area (Å²) < 4.78 is 42.6. The highest BCUT2D eigenvalue weighted by Gasteiger charge is 2.50. The van der Waals surface area contributed by atoms with Crippen molar-refractivity contribution in [3.63, 3.8) is 0 Å². The van der Waals surface area contributed by atoms with Crippen molar-refractivity contribution in [2.24, 2.45) is 11.3 Å². The molecule has 2 saturated heterocycles. The number of nitrogens with zero attached hydrogens (tertiary/aromatic N) is 2. The van der Waals surface area contributed by atoms with Crippen LogP contribution in [0.5, 0.6) is 0 Å². The number of fused-ring (bicyclic) bond motifs is 1. The Balaban J connectivity index is 0.000000339. The highest BCUT2D eigenvalue weighted by molar-refractivity contribution is 7.09. The van der Waals surface area contributed by atoms with Crippen molar-refractivity contribution in [2.45, 2.75) is 19.6 Å². The average Bonchev–Trinajstić information content (AvgIpc) is 3.45. The number of nitrogens with one attached hydrogen (secondary N) is 1. The SMILES string of the molecule is Cc1ncsc1CN1C[C@@H]2COC[C@]2(CNC(=O)c2ccco2)C1.O=C(O)C(F)(F)F. The molecule has 12 heteroatoms. The van der Waals surface area contributed by atoms with Gasteiger partial charge >= 0.3 is 12.1 Å². The van der Waals surface area contributed by atoms with Gasteiger partial charge in [0.25, 0.3) is 5.91 Å². The third kappa shape index (κ3) is 5.63. The molecule has 2 aliphatic rings. The van der Waals surface area contributed by atoms with Gasteiger partial charge in [-0.25, -0.2) is 9.78 Å². The molecule has 0 aromatic carbocycles. The maximum atomic E-state index is 12.2. The van der Waals surface area contributed by atoms with Gasteiger partial charge in [-0.2, -0.15) is 13.2 Å². The molecule has 2 aromatic heterocycles.